The number of amides is 1. The molecule has 1 amide bonds. The monoisotopic (exact) mass is 419 g/mol. The van der Waals surface area contributed by atoms with E-state index in [9.17, 15) is 4.79 Å². The maximum Gasteiger partial charge on any atom is 0.223 e. The largest absolute Gasteiger partial charge is 0.493 e. The Morgan fingerprint density at radius 2 is 1.90 bits per heavy atom. The molecule has 1 saturated heterocycles. The first kappa shape index (κ1) is 21.4. The van der Waals surface area contributed by atoms with Crippen LogP contribution < -0.4 is 4.74 Å². The van der Waals surface area contributed by atoms with E-state index in [4.69, 9.17) is 9.72 Å². The summed E-state index contributed by atoms with van der Waals surface area (Å²) in [6.07, 6.45) is 3.62. The van der Waals surface area contributed by atoms with E-state index in [0.29, 0.717) is 13.0 Å². The van der Waals surface area contributed by atoms with Gasteiger partial charge >= 0.3 is 0 Å². The fourth-order valence-electron chi connectivity index (χ4n) is 4.44. The summed E-state index contributed by atoms with van der Waals surface area (Å²) in [4.78, 5) is 19.5. The second-order valence-electron chi connectivity index (χ2n) is 8.60. The summed E-state index contributed by atoms with van der Waals surface area (Å²) in [5, 5.41) is 0. The van der Waals surface area contributed by atoms with E-state index in [0.717, 1.165) is 61.5 Å². The second-order valence-corrected chi connectivity index (χ2v) is 8.60. The average molecular weight is 420 g/mol. The van der Waals surface area contributed by atoms with Crippen LogP contribution in [0.25, 0.3) is 11.0 Å². The molecule has 1 unspecified atom stereocenters. The van der Waals surface area contributed by atoms with Crippen LogP contribution in [0.2, 0.25) is 0 Å². The Morgan fingerprint density at radius 1 is 1.06 bits per heavy atom. The van der Waals surface area contributed by atoms with Crippen molar-refractivity contribution in [3.8, 4) is 5.75 Å². The number of unbranched alkanes of at least 4 members (excludes halogenated alkanes) is 1. The van der Waals surface area contributed by atoms with E-state index < -0.39 is 0 Å². The third kappa shape index (κ3) is 4.60. The molecule has 1 aliphatic rings. The normalized spacial score (nSPS) is 16.4. The summed E-state index contributed by atoms with van der Waals surface area (Å²) >= 11 is 0. The van der Waals surface area contributed by atoms with E-state index in [2.05, 4.69) is 49.6 Å². The predicted octanol–water partition coefficient (Wildman–Crippen LogP) is 5.24. The van der Waals surface area contributed by atoms with Gasteiger partial charge in [-0.15, -0.1) is 0 Å². The van der Waals surface area contributed by atoms with Crippen molar-refractivity contribution in [1.29, 1.82) is 0 Å². The van der Waals surface area contributed by atoms with Crippen LogP contribution in [0.3, 0.4) is 0 Å². The van der Waals surface area contributed by atoms with E-state index in [-0.39, 0.29) is 11.8 Å². The lowest BCUT2D eigenvalue weighted by atomic mass is 10.1. The van der Waals surface area contributed by atoms with Crippen molar-refractivity contribution >= 4 is 16.9 Å². The number of para-hydroxylation sites is 2. The number of carbonyl (C=O) groups excluding carboxylic acids is 1. The number of nitrogens with zero attached hydrogens (tertiary/aromatic N) is 3. The number of fused-ring (bicyclic) bond motifs is 1. The predicted molar refractivity (Wildman–Crippen MR) is 125 cm³/mol. The van der Waals surface area contributed by atoms with Crippen molar-refractivity contribution in [2.24, 2.45) is 0 Å². The summed E-state index contributed by atoms with van der Waals surface area (Å²) < 4.78 is 8.38. The smallest absolute Gasteiger partial charge is 0.223 e. The van der Waals surface area contributed by atoms with Crippen LogP contribution in [0, 0.1) is 13.8 Å². The lowest BCUT2D eigenvalue weighted by Crippen LogP contribution is -2.26. The minimum Gasteiger partial charge on any atom is -0.493 e. The zero-order valence-electron chi connectivity index (χ0n) is 18.9. The summed E-state index contributed by atoms with van der Waals surface area (Å²) in [7, 11) is 0. The van der Waals surface area contributed by atoms with Crippen molar-refractivity contribution in [3.05, 3.63) is 59.4 Å². The standard InChI is InChI=1S/C26H33N3O2/c1-4-5-14-28-18-21(17-25(28)30)26-27-22-11-6-7-12-23(22)29(26)15-9-16-31-24-13-8-10-19(2)20(24)3/h6-8,10-13,21H,4-5,9,14-18H2,1-3H3. The molecule has 31 heavy (non-hydrogen) atoms. The van der Waals surface area contributed by atoms with Gasteiger partial charge in [-0.25, -0.2) is 4.98 Å². The summed E-state index contributed by atoms with van der Waals surface area (Å²) in [5.74, 6) is 2.43. The van der Waals surface area contributed by atoms with Gasteiger partial charge in [-0.2, -0.15) is 0 Å². The van der Waals surface area contributed by atoms with Gasteiger partial charge in [-0.05, 0) is 56.0 Å². The van der Waals surface area contributed by atoms with Crippen LogP contribution in [0.15, 0.2) is 42.5 Å². The van der Waals surface area contributed by atoms with Gasteiger partial charge in [0.05, 0.1) is 17.6 Å². The zero-order chi connectivity index (χ0) is 21.8. The molecule has 5 heteroatoms. The number of aromatic nitrogens is 2. The number of hydrogen-bond acceptors (Lipinski definition) is 3. The molecule has 1 aliphatic heterocycles. The van der Waals surface area contributed by atoms with Crippen LogP contribution in [-0.4, -0.2) is 40.1 Å². The maximum absolute atomic E-state index is 12.5. The van der Waals surface area contributed by atoms with Gasteiger partial charge in [-0.1, -0.05) is 37.6 Å². The Kier molecular flexibility index (Phi) is 6.59. The summed E-state index contributed by atoms with van der Waals surface area (Å²) in [6.45, 7) is 9.50. The SMILES string of the molecule is CCCCN1CC(c2nc3ccccc3n2CCCOc2cccc(C)c2C)CC1=O. The lowest BCUT2D eigenvalue weighted by Gasteiger charge is -2.17. The summed E-state index contributed by atoms with van der Waals surface area (Å²) in [5.41, 5.74) is 4.60. The molecule has 2 heterocycles. The van der Waals surface area contributed by atoms with Crippen molar-refractivity contribution in [2.45, 2.75) is 58.9 Å². The Labute approximate surface area is 185 Å². The summed E-state index contributed by atoms with van der Waals surface area (Å²) in [6, 6.07) is 14.5. The number of rotatable bonds is 9. The Balaban J connectivity index is 1.48. The van der Waals surface area contributed by atoms with Crippen LogP contribution >= 0.6 is 0 Å². The van der Waals surface area contributed by atoms with Crippen molar-refractivity contribution in [3.63, 3.8) is 0 Å². The Bertz CT molecular complexity index is 1060. The van der Waals surface area contributed by atoms with E-state index in [1.54, 1.807) is 0 Å². The van der Waals surface area contributed by atoms with Crippen molar-refractivity contribution in [2.75, 3.05) is 19.7 Å². The molecule has 0 radical (unpaired) electrons. The molecule has 1 aromatic heterocycles. The first-order chi connectivity index (χ1) is 15.1. The van der Waals surface area contributed by atoms with Gasteiger partial charge in [0.15, 0.2) is 0 Å². The first-order valence-electron chi connectivity index (χ1n) is 11.5. The highest BCUT2D eigenvalue weighted by Crippen LogP contribution is 2.31. The van der Waals surface area contributed by atoms with Crippen molar-refractivity contribution in [1.82, 2.24) is 14.5 Å². The second kappa shape index (κ2) is 9.54. The third-order valence-electron chi connectivity index (χ3n) is 6.38. The molecule has 0 saturated carbocycles. The third-order valence-corrected chi connectivity index (χ3v) is 6.38. The highest BCUT2D eigenvalue weighted by molar-refractivity contribution is 5.80. The highest BCUT2D eigenvalue weighted by atomic mass is 16.5. The molecule has 0 bridgehead atoms. The fraction of sp³-hybridized carbons (Fsp3) is 0.462. The quantitative estimate of drug-likeness (QED) is 0.446. The maximum atomic E-state index is 12.5. The number of hydrogen-bond donors (Lipinski definition) is 0. The van der Waals surface area contributed by atoms with Gasteiger partial charge in [-0.3, -0.25) is 4.79 Å². The molecular weight excluding hydrogens is 386 g/mol. The molecule has 164 valence electrons. The number of likely N-dealkylation sites (tertiary alicyclic amines) is 1. The molecule has 0 spiro atoms. The molecule has 0 N–H and O–H groups in total. The van der Waals surface area contributed by atoms with Crippen LogP contribution in [0.4, 0.5) is 0 Å². The number of aryl methyl sites for hydroxylation is 2. The van der Waals surface area contributed by atoms with E-state index in [1.165, 1.54) is 11.1 Å². The van der Waals surface area contributed by atoms with Crippen LogP contribution in [-0.2, 0) is 11.3 Å². The first-order valence-corrected chi connectivity index (χ1v) is 11.5. The Hall–Kier alpha value is -2.82. The van der Waals surface area contributed by atoms with E-state index in [1.807, 2.05) is 23.1 Å². The molecule has 5 nitrogen and oxygen atoms in total. The number of imidazole rings is 1. The van der Waals surface area contributed by atoms with Gasteiger partial charge in [0.25, 0.3) is 0 Å². The van der Waals surface area contributed by atoms with E-state index >= 15 is 0 Å². The van der Waals surface area contributed by atoms with Gasteiger partial charge in [0.2, 0.25) is 5.91 Å². The van der Waals surface area contributed by atoms with Gasteiger partial charge < -0.3 is 14.2 Å². The number of benzene rings is 2. The molecule has 0 aliphatic carbocycles. The minimum atomic E-state index is 0.164. The van der Waals surface area contributed by atoms with Crippen molar-refractivity contribution < 1.29 is 9.53 Å². The Morgan fingerprint density at radius 3 is 2.74 bits per heavy atom. The average Bonchev–Trinajstić information content (AvgIpc) is 3.32. The minimum absolute atomic E-state index is 0.164. The molecule has 1 fully saturated rings. The fourth-order valence-corrected chi connectivity index (χ4v) is 4.44. The molecule has 4 rings (SSSR count). The zero-order valence-corrected chi connectivity index (χ0v) is 18.9. The topological polar surface area (TPSA) is 47.4 Å². The lowest BCUT2D eigenvalue weighted by molar-refractivity contribution is -0.127. The van der Waals surface area contributed by atoms with Crippen LogP contribution in [0.1, 0.15) is 55.5 Å². The number of carbonyl (C=O) groups is 1. The molecule has 3 aromatic rings. The van der Waals surface area contributed by atoms with Gasteiger partial charge in [0, 0.05) is 32.0 Å². The van der Waals surface area contributed by atoms with Gasteiger partial charge in [0.1, 0.15) is 11.6 Å². The highest BCUT2D eigenvalue weighted by Gasteiger charge is 2.33. The molecule has 2 aromatic carbocycles. The molecule has 1 atom stereocenters. The molecular formula is C26H33N3O2. The van der Waals surface area contributed by atoms with Crippen LogP contribution in [0.5, 0.6) is 5.75 Å². The number of ether oxygens (including phenoxy) is 1.